The predicted molar refractivity (Wildman–Crippen MR) is 74.1 cm³/mol. The minimum atomic E-state index is -1.02. The van der Waals surface area contributed by atoms with Gasteiger partial charge in [0.1, 0.15) is 11.6 Å². The number of carboxylic acid groups (broad SMARTS) is 1. The van der Waals surface area contributed by atoms with Crippen LogP contribution in [-0.2, 0) is 9.53 Å². The molecular formula is C14H27NO4. The van der Waals surface area contributed by atoms with Gasteiger partial charge in [-0.2, -0.15) is 0 Å². The lowest BCUT2D eigenvalue weighted by molar-refractivity contribution is -0.142. The number of hydrogen-bond acceptors (Lipinski definition) is 3. The molecule has 0 saturated heterocycles. The zero-order valence-electron chi connectivity index (χ0n) is 12.9. The summed E-state index contributed by atoms with van der Waals surface area (Å²) in [5.41, 5.74) is -0.624. The topological polar surface area (TPSA) is 66.8 Å². The van der Waals surface area contributed by atoms with Crippen LogP contribution >= 0.6 is 0 Å². The zero-order chi connectivity index (χ0) is 15.2. The minimum absolute atomic E-state index is 0.286. The van der Waals surface area contributed by atoms with Gasteiger partial charge in [0.15, 0.2) is 0 Å². The van der Waals surface area contributed by atoms with Crippen LogP contribution in [0.25, 0.3) is 0 Å². The summed E-state index contributed by atoms with van der Waals surface area (Å²) in [6.45, 7) is 11.3. The summed E-state index contributed by atoms with van der Waals surface area (Å²) in [4.78, 5) is 24.5. The van der Waals surface area contributed by atoms with Gasteiger partial charge < -0.3 is 9.84 Å². The molecule has 0 saturated carbocycles. The van der Waals surface area contributed by atoms with E-state index in [4.69, 9.17) is 9.84 Å². The van der Waals surface area contributed by atoms with Gasteiger partial charge in [0.25, 0.3) is 0 Å². The summed E-state index contributed by atoms with van der Waals surface area (Å²) >= 11 is 0. The Kier molecular flexibility index (Phi) is 6.87. The standard InChI is InChI=1S/C14H27NO4/c1-7-11(8-2)9-15(10(3)12(16)17)13(18)19-14(4,5)6/h10-11H,7-9H2,1-6H3,(H,16,17)/t10-/m0/s1. The minimum Gasteiger partial charge on any atom is -0.480 e. The molecule has 5 nitrogen and oxygen atoms in total. The van der Waals surface area contributed by atoms with Crippen molar-refractivity contribution in [2.75, 3.05) is 6.54 Å². The Bertz CT molecular complexity index is 305. The number of carbonyl (C=O) groups is 2. The highest BCUT2D eigenvalue weighted by atomic mass is 16.6. The predicted octanol–water partition coefficient (Wildman–Crippen LogP) is 3.13. The Morgan fingerprint density at radius 1 is 1.21 bits per heavy atom. The third kappa shape index (κ3) is 6.45. The van der Waals surface area contributed by atoms with Crippen molar-refractivity contribution in [1.82, 2.24) is 4.90 Å². The van der Waals surface area contributed by atoms with Crippen molar-refractivity contribution in [3.8, 4) is 0 Å². The molecule has 0 bridgehead atoms. The first-order valence-corrected chi connectivity index (χ1v) is 6.84. The molecule has 1 atom stereocenters. The highest BCUT2D eigenvalue weighted by Gasteiger charge is 2.30. The Morgan fingerprint density at radius 2 is 1.68 bits per heavy atom. The second-order valence-electron chi connectivity index (χ2n) is 5.83. The molecule has 0 aromatic heterocycles. The molecule has 19 heavy (non-hydrogen) atoms. The largest absolute Gasteiger partial charge is 0.480 e. The molecule has 0 unspecified atom stereocenters. The fraction of sp³-hybridized carbons (Fsp3) is 0.857. The van der Waals surface area contributed by atoms with Gasteiger partial charge in [-0.25, -0.2) is 9.59 Å². The molecule has 0 aromatic rings. The molecule has 0 aromatic carbocycles. The van der Waals surface area contributed by atoms with Crippen LogP contribution in [-0.4, -0.2) is 40.3 Å². The van der Waals surface area contributed by atoms with Crippen molar-refractivity contribution in [3.63, 3.8) is 0 Å². The highest BCUT2D eigenvalue weighted by Crippen LogP contribution is 2.17. The van der Waals surface area contributed by atoms with E-state index in [1.165, 1.54) is 11.8 Å². The fourth-order valence-corrected chi connectivity index (χ4v) is 1.67. The number of carboxylic acids is 1. The number of rotatable bonds is 6. The summed E-state index contributed by atoms with van der Waals surface area (Å²) in [6, 6.07) is -0.879. The van der Waals surface area contributed by atoms with E-state index in [0.29, 0.717) is 6.54 Å². The second-order valence-corrected chi connectivity index (χ2v) is 5.83. The molecule has 0 aliphatic carbocycles. The van der Waals surface area contributed by atoms with Gasteiger partial charge in [0.05, 0.1) is 0 Å². The van der Waals surface area contributed by atoms with E-state index in [2.05, 4.69) is 0 Å². The Morgan fingerprint density at radius 3 is 2.00 bits per heavy atom. The molecule has 1 amide bonds. The van der Waals surface area contributed by atoms with Gasteiger partial charge in [0.2, 0.25) is 0 Å². The number of hydrogen-bond donors (Lipinski definition) is 1. The monoisotopic (exact) mass is 273 g/mol. The highest BCUT2D eigenvalue weighted by molar-refractivity contribution is 5.79. The normalized spacial score (nSPS) is 13.2. The van der Waals surface area contributed by atoms with Gasteiger partial charge in [-0.15, -0.1) is 0 Å². The maximum atomic E-state index is 12.1. The summed E-state index contributed by atoms with van der Waals surface area (Å²) < 4.78 is 5.28. The van der Waals surface area contributed by atoms with Gasteiger partial charge in [0, 0.05) is 6.54 Å². The molecule has 5 heteroatoms. The lowest BCUT2D eigenvalue weighted by atomic mass is 10.0. The van der Waals surface area contributed by atoms with Crippen LogP contribution in [0.5, 0.6) is 0 Å². The van der Waals surface area contributed by atoms with E-state index in [1.54, 1.807) is 20.8 Å². The molecule has 0 radical (unpaired) electrons. The second kappa shape index (κ2) is 7.36. The molecule has 0 aliphatic heterocycles. The quantitative estimate of drug-likeness (QED) is 0.807. The number of nitrogens with zero attached hydrogens (tertiary/aromatic N) is 1. The summed E-state index contributed by atoms with van der Waals surface area (Å²) in [6.07, 6.45) is 1.25. The first-order valence-electron chi connectivity index (χ1n) is 6.84. The Labute approximate surface area is 115 Å². The molecule has 0 rings (SSSR count). The SMILES string of the molecule is CCC(CC)CN(C(=O)OC(C)(C)C)[C@@H](C)C(=O)O. The zero-order valence-corrected chi connectivity index (χ0v) is 12.9. The molecule has 0 aliphatic rings. The van der Waals surface area contributed by atoms with Crippen molar-refractivity contribution >= 4 is 12.1 Å². The fourth-order valence-electron chi connectivity index (χ4n) is 1.67. The van der Waals surface area contributed by atoms with E-state index in [1.807, 2.05) is 13.8 Å². The van der Waals surface area contributed by atoms with Gasteiger partial charge >= 0.3 is 12.1 Å². The van der Waals surface area contributed by atoms with Crippen molar-refractivity contribution < 1.29 is 19.4 Å². The first-order chi connectivity index (χ1) is 8.62. The first kappa shape index (κ1) is 17.7. The van der Waals surface area contributed by atoms with Gasteiger partial charge in [-0.1, -0.05) is 26.7 Å². The van der Waals surface area contributed by atoms with Crippen molar-refractivity contribution in [2.24, 2.45) is 5.92 Å². The van der Waals surface area contributed by atoms with Crippen LogP contribution < -0.4 is 0 Å². The maximum absolute atomic E-state index is 12.1. The molecule has 0 fully saturated rings. The molecule has 0 spiro atoms. The van der Waals surface area contributed by atoms with E-state index in [-0.39, 0.29) is 5.92 Å². The van der Waals surface area contributed by atoms with Gasteiger partial charge in [-0.05, 0) is 33.6 Å². The maximum Gasteiger partial charge on any atom is 0.411 e. The van der Waals surface area contributed by atoms with E-state index in [0.717, 1.165) is 12.8 Å². The summed E-state index contributed by atoms with van der Waals surface area (Å²) in [5.74, 6) is -0.730. The van der Waals surface area contributed by atoms with Crippen LogP contribution in [0.4, 0.5) is 4.79 Å². The van der Waals surface area contributed by atoms with E-state index < -0.39 is 23.7 Å². The molecule has 112 valence electrons. The third-order valence-electron chi connectivity index (χ3n) is 3.06. The van der Waals surface area contributed by atoms with Gasteiger partial charge in [-0.3, -0.25) is 4.90 Å². The van der Waals surface area contributed by atoms with Crippen LogP contribution in [0.1, 0.15) is 54.4 Å². The van der Waals surface area contributed by atoms with Crippen LogP contribution in [0.2, 0.25) is 0 Å². The van der Waals surface area contributed by atoms with Crippen molar-refractivity contribution in [1.29, 1.82) is 0 Å². The lowest BCUT2D eigenvalue weighted by Gasteiger charge is -2.32. The lowest BCUT2D eigenvalue weighted by Crippen LogP contribution is -2.47. The number of amides is 1. The summed E-state index contributed by atoms with van der Waals surface area (Å²) in [5, 5.41) is 9.11. The number of ether oxygens (including phenoxy) is 1. The third-order valence-corrected chi connectivity index (χ3v) is 3.06. The summed E-state index contributed by atoms with van der Waals surface area (Å²) in [7, 11) is 0. The van der Waals surface area contributed by atoms with Crippen molar-refractivity contribution in [3.05, 3.63) is 0 Å². The van der Waals surface area contributed by atoms with Crippen molar-refractivity contribution in [2.45, 2.75) is 66.0 Å². The van der Waals surface area contributed by atoms with E-state index >= 15 is 0 Å². The smallest absolute Gasteiger partial charge is 0.411 e. The number of aliphatic carboxylic acids is 1. The molecular weight excluding hydrogens is 246 g/mol. The Hall–Kier alpha value is -1.26. The molecule has 0 heterocycles. The average molecular weight is 273 g/mol. The van der Waals surface area contributed by atoms with Crippen LogP contribution in [0.15, 0.2) is 0 Å². The molecule has 1 N–H and O–H groups in total. The van der Waals surface area contributed by atoms with E-state index in [9.17, 15) is 9.59 Å². The number of carbonyl (C=O) groups excluding carboxylic acids is 1. The van der Waals surface area contributed by atoms with Crippen LogP contribution in [0, 0.1) is 5.92 Å². The average Bonchev–Trinajstić information content (AvgIpc) is 2.27. The Balaban J connectivity index is 4.95. The van der Waals surface area contributed by atoms with Crippen LogP contribution in [0.3, 0.4) is 0 Å².